The molecular formula is C22H24N2O4S. The highest BCUT2D eigenvalue weighted by atomic mass is 32.2. The molecule has 0 aliphatic rings. The van der Waals surface area contributed by atoms with Gasteiger partial charge in [0.25, 0.3) is 0 Å². The van der Waals surface area contributed by atoms with Crippen LogP contribution >= 0.6 is 0 Å². The third-order valence-electron chi connectivity index (χ3n) is 4.53. The number of nitrogens with two attached hydrogens (primary N) is 1. The van der Waals surface area contributed by atoms with E-state index in [0.29, 0.717) is 17.2 Å². The van der Waals surface area contributed by atoms with Crippen LogP contribution in [0.3, 0.4) is 0 Å². The minimum Gasteiger partial charge on any atom is -0.497 e. The molecule has 3 aromatic carbocycles. The predicted octanol–water partition coefficient (Wildman–Crippen LogP) is 3.68. The van der Waals surface area contributed by atoms with Crippen molar-refractivity contribution >= 4 is 15.7 Å². The third kappa shape index (κ3) is 5.07. The average molecular weight is 413 g/mol. The lowest BCUT2D eigenvalue weighted by Gasteiger charge is -2.23. The predicted molar refractivity (Wildman–Crippen MR) is 113 cm³/mol. The molecule has 0 fully saturated rings. The Labute approximate surface area is 171 Å². The molecule has 0 aliphatic heterocycles. The van der Waals surface area contributed by atoms with Crippen LogP contribution in [0.4, 0.5) is 5.69 Å². The second-order valence-electron chi connectivity index (χ2n) is 6.54. The van der Waals surface area contributed by atoms with E-state index in [4.69, 9.17) is 15.2 Å². The number of benzene rings is 3. The number of hydrogen-bond donors (Lipinski definition) is 1. The number of sulfonamides is 1. The minimum atomic E-state index is -3.76. The number of hydrogen-bond acceptors (Lipinski definition) is 5. The van der Waals surface area contributed by atoms with Gasteiger partial charge in [0.15, 0.2) is 0 Å². The molecule has 0 atom stereocenters. The van der Waals surface area contributed by atoms with Crippen molar-refractivity contribution < 1.29 is 17.9 Å². The van der Waals surface area contributed by atoms with E-state index in [-0.39, 0.29) is 18.0 Å². The summed E-state index contributed by atoms with van der Waals surface area (Å²) in [5.41, 5.74) is 7.92. The maximum absolute atomic E-state index is 13.4. The van der Waals surface area contributed by atoms with Crippen LogP contribution in [-0.4, -0.2) is 26.9 Å². The van der Waals surface area contributed by atoms with E-state index in [0.717, 1.165) is 11.1 Å². The number of anilines is 1. The van der Waals surface area contributed by atoms with Crippen molar-refractivity contribution in [2.24, 2.45) is 0 Å². The molecule has 0 unspecified atom stereocenters. The Kier molecular flexibility index (Phi) is 6.41. The largest absolute Gasteiger partial charge is 0.497 e. The molecule has 3 rings (SSSR count). The molecule has 152 valence electrons. The van der Waals surface area contributed by atoms with E-state index in [2.05, 4.69) is 0 Å². The standard InChI is InChI=1S/C22H24N2O4S/c1-27-20-10-6-17(7-11-20)15-24(16-18-8-12-21(28-2)13-9-18)29(25,26)22-5-3-4-19(23)14-22/h3-14H,15-16,23H2,1-2H3. The highest BCUT2D eigenvalue weighted by Gasteiger charge is 2.25. The topological polar surface area (TPSA) is 81.9 Å². The molecular weight excluding hydrogens is 388 g/mol. The van der Waals surface area contributed by atoms with Gasteiger partial charge in [0.05, 0.1) is 19.1 Å². The molecule has 2 N–H and O–H groups in total. The van der Waals surface area contributed by atoms with Crippen molar-refractivity contribution in [1.29, 1.82) is 0 Å². The number of nitrogens with zero attached hydrogens (tertiary/aromatic N) is 1. The highest BCUT2D eigenvalue weighted by Crippen LogP contribution is 2.24. The molecule has 0 aliphatic carbocycles. The summed E-state index contributed by atoms with van der Waals surface area (Å²) in [5, 5.41) is 0. The lowest BCUT2D eigenvalue weighted by molar-refractivity contribution is 0.397. The Bertz CT molecular complexity index is 999. The van der Waals surface area contributed by atoms with E-state index >= 15 is 0 Å². The fourth-order valence-corrected chi connectivity index (χ4v) is 4.39. The molecule has 0 saturated carbocycles. The zero-order chi connectivity index (χ0) is 20.9. The lowest BCUT2D eigenvalue weighted by Crippen LogP contribution is -2.30. The second-order valence-corrected chi connectivity index (χ2v) is 8.48. The molecule has 0 spiro atoms. The molecule has 0 radical (unpaired) electrons. The highest BCUT2D eigenvalue weighted by molar-refractivity contribution is 7.89. The first-order chi connectivity index (χ1) is 13.9. The van der Waals surface area contributed by atoms with Gasteiger partial charge in [0, 0.05) is 18.8 Å². The van der Waals surface area contributed by atoms with Crippen LogP contribution in [0.15, 0.2) is 77.7 Å². The van der Waals surface area contributed by atoms with Gasteiger partial charge >= 0.3 is 0 Å². The summed E-state index contributed by atoms with van der Waals surface area (Å²) in [6, 6.07) is 21.0. The molecule has 0 saturated heterocycles. The third-order valence-corrected chi connectivity index (χ3v) is 6.32. The summed E-state index contributed by atoms with van der Waals surface area (Å²) in [5.74, 6) is 1.43. The smallest absolute Gasteiger partial charge is 0.243 e. The van der Waals surface area contributed by atoms with Gasteiger partial charge in [-0.3, -0.25) is 0 Å². The Hall–Kier alpha value is -3.03. The number of methoxy groups -OCH3 is 2. The summed E-state index contributed by atoms with van der Waals surface area (Å²) < 4.78 is 38.5. The molecule has 0 amide bonds. The Morgan fingerprint density at radius 2 is 1.28 bits per heavy atom. The van der Waals surface area contributed by atoms with Crippen LogP contribution in [-0.2, 0) is 23.1 Å². The lowest BCUT2D eigenvalue weighted by atomic mass is 10.2. The Balaban J connectivity index is 1.94. The molecule has 0 aromatic heterocycles. The van der Waals surface area contributed by atoms with Crippen molar-refractivity contribution in [1.82, 2.24) is 4.31 Å². The normalized spacial score (nSPS) is 11.4. The summed E-state index contributed by atoms with van der Waals surface area (Å²) in [6.45, 7) is 0.431. The summed E-state index contributed by atoms with van der Waals surface area (Å²) in [7, 11) is -0.575. The van der Waals surface area contributed by atoms with E-state index in [1.165, 1.54) is 10.4 Å². The van der Waals surface area contributed by atoms with Gasteiger partial charge in [-0.25, -0.2) is 8.42 Å². The maximum atomic E-state index is 13.4. The Morgan fingerprint density at radius 3 is 1.69 bits per heavy atom. The van der Waals surface area contributed by atoms with Gasteiger partial charge in [0.1, 0.15) is 11.5 Å². The van der Waals surface area contributed by atoms with E-state index in [1.54, 1.807) is 32.4 Å². The van der Waals surface area contributed by atoms with E-state index in [9.17, 15) is 8.42 Å². The number of rotatable bonds is 8. The van der Waals surface area contributed by atoms with Gasteiger partial charge in [0.2, 0.25) is 10.0 Å². The van der Waals surface area contributed by atoms with Crippen molar-refractivity contribution in [3.05, 3.63) is 83.9 Å². The van der Waals surface area contributed by atoms with Crippen LogP contribution < -0.4 is 15.2 Å². The van der Waals surface area contributed by atoms with Gasteiger partial charge in [-0.2, -0.15) is 4.31 Å². The fraction of sp³-hybridized carbons (Fsp3) is 0.182. The quantitative estimate of drug-likeness (QED) is 0.571. The molecule has 0 heterocycles. The zero-order valence-electron chi connectivity index (χ0n) is 16.4. The van der Waals surface area contributed by atoms with E-state index in [1.807, 2.05) is 48.5 Å². The van der Waals surface area contributed by atoms with Gasteiger partial charge in [-0.1, -0.05) is 30.3 Å². The minimum absolute atomic E-state index is 0.166. The van der Waals surface area contributed by atoms with Gasteiger partial charge in [-0.15, -0.1) is 0 Å². The maximum Gasteiger partial charge on any atom is 0.243 e. The van der Waals surface area contributed by atoms with E-state index < -0.39 is 10.0 Å². The van der Waals surface area contributed by atoms with Crippen molar-refractivity contribution in [2.45, 2.75) is 18.0 Å². The number of ether oxygens (including phenoxy) is 2. The molecule has 7 heteroatoms. The fourth-order valence-electron chi connectivity index (χ4n) is 2.92. The second kappa shape index (κ2) is 8.98. The zero-order valence-corrected chi connectivity index (χ0v) is 17.2. The van der Waals surface area contributed by atoms with Gasteiger partial charge in [-0.05, 0) is 53.6 Å². The summed E-state index contributed by atoms with van der Waals surface area (Å²) in [4.78, 5) is 0.166. The van der Waals surface area contributed by atoms with Crippen LogP contribution in [0.2, 0.25) is 0 Å². The molecule has 3 aromatic rings. The Morgan fingerprint density at radius 1 is 0.793 bits per heavy atom. The summed E-state index contributed by atoms with van der Waals surface area (Å²) in [6.07, 6.45) is 0. The molecule has 29 heavy (non-hydrogen) atoms. The molecule has 6 nitrogen and oxygen atoms in total. The van der Waals surface area contributed by atoms with Gasteiger partial charge < -0.3 is 15.2 Å². The van der Waals surface area contributed by atoms with Crippen LogP contribution in [0.25, 0.3) is 0 Å². The van der Waals surface area contributed by atoms with Crippen LogP contribution in [0, 0.1) is 0 Å². The van der Waals surface area contributed by atoms with Crippen LogP contribution in [0.1, 0.15) is 11.1 Å². The molecule has 0 bridgehead atoms. The monoisotopic (exact) mass is 412 g/mol. The first kappa shape index (κ1) is 20.7. The van der Waals surface area contributed by atoms with Crippen molar-refractivity contribution in [3.63, 3.8) is 0 Å². The first-order valence-corrected chi connectivity index (χ1v) is 10.5. The van der Waals surface area contributed by atoms with Crippen LogP contribution in [0.5, 0.6) is 11.5 Å². The number of nitrogen functional groups attached to an aromatic ring is 1. The van der Waals surface area contributed by atoms with Crippen molar-refractivity contribution in [3.8, 4) is 11.5 Å². The average Bonchev–Trinajstić information content (AvgIpc) is 2.74. The summed E-state index contributed by atoms with van der Waals surface area (Å²) >= 11 is 0. The van der Waals surface area contributed by atoms with Crippen molar-refractivity contribution in [2.75, 3.05) is 20.0 Å². The first-order valence-electron chi connectivity index (χ1n) is 9.04. The SMILES string of the molecule is COc1ccc(CN(Cc2ccc(OC)cc2)S(=O)(=O)c2cccc(N)c2)cc1.